The fourth-order valence-corrected chi connectivity index (χ4v) is 2.47. The Kier molecular flexibility index (Phi) is 3.63. The number of halogens is 1. The van der Waals surface area contributed by atoms with Crippen LogP contribution in [0.5, 0.6) is 0 Å². The summed E-state index contributed by atoms with van der Waals surface area (Å²) in [7, 11) is 0. The SMILES string of the molecule is BrCc1ccc([C]2CCCCC2)cc1. The van der Waals surface area contributed by atoms with E-state index in [0.29, 0.717) is 0 Å². The zero-order valence-corrected chi connectivity index (χ0v) is 10.0. The van der Waals surface area contributed by atoms with Crippen molar-refractivity contribution in [1.82, 2.24) is 0 Å². The van der Waals surface area contributed by atoms with Crippen LogP contribution in [0.1, 0.15) is 43.2 Å². The third kappa shape index (κ3) is 2.38. The number of hydrogen-bond donors (Lipinski definition) is 0. The van der Waals surface area contributed by atoms with Crippen LogP contribution < -0.4 is 0 Å². The molecule has 0 saturated heterocycles. The van der Waals surface area contributed by atoms with Gasteiger partial charge in [0, 0.05) is 11.2 Å². The molecule has 0 aromatic heterocycles. The van der Waals surface area contributed by atoms with Gasteiger partial charge in [0.15, 0.2) is 0 Å². The maximum atomic E-state index is 3.47. The van der Waals surface area contributed by atoms with Crippen molar-refractivity contribution in [2.75, 3.05) is 0 Å². The molecule has 14 heavy (non-hydrogen) atoms. The van der Waals surface area contributed by atoms with Gasteiger partial charge in [0.1, 0.15) is 0 Å². The first-order valence-electron chi connectivity index (χ1n) is 5.40. The lowest BCUT2D eigenvalue weighted by atomic mass is 9.84. The molecular weight excluding hydrogens is 236 g/mol. The van der Waals surface area contributed by atoms with E-state index in [1.54, 1.807) is 5.92 Å². The van der Waals surface area contributed by atoms with E-state index >= 15 is 0 Å². The quantitative estimate of drug-likeness (QED) is 0.681. The second-order valence-corrected chi connectivity index (χ2v) is 4.56. The van der Waals surface area contributed by atoms with Crippen molar-refractivity contribution in [3.8, 4) is 0 Å². The Morgan fingerprint density at radius 2 is 1.57 bits per heavy atom. The van der Waals surface area contributed by atoms with Crippen molar-refractivity contribution in [1.29, 1.82) is 0 Å². The van der Waals surface area contributed by atoms with E-state index in [-0.39, 0.29) is 0 Å². The summed E-state index contributed by atoms with van der Waals surface area (Å²) in [5.41, 5.74) is 2.83. The molecule has 1 aromatic rings. The fraction of sp³-hybridized carbons (Fsp3) is 0.462. The first-order chi connectivity index (χ1) is 6.90. The summed E-state index contributed by atoms with van der Waals surface area (Å²) in [5, 5.41) is 0.961. The molecule has 0 nitrogen and oxygen atoms in total. The van der Waals surface area contributed by atoms with Gasteiger partial charge in [0.25, 0.3) is 0 Å². The predicted molar refractivity (Wildman–Crippen MR) is 64.5 cm³/mol. The van der Waals surface area contributed by atoms with Crippen LogP contribution in [0.4, 0.5) is 0 Å². The van der Waals surface area contributed by atoms with E-state index in [1.807, 2.05) is 0 Å². The van der Waals surface area contributed by atoms with Gasteiger partial charge in [-0.2, -0.15) is 0 Å². The maximum absolute atomic E-state index is 3.47. The van der Waals surface area contributed by atoms with Gasteiger partial charge in [0.2, 0.25) is 0 Å². The predicted octanol–water partition coefficient (Wildman–Crippen LogP) is 4.47. The van der Waals surface area contributed by atoms with E-state index in [4.69, 9.17) is 0 Å². The molecule has 1 fully saturated rings. The molecule has 1 heteroatoms. The first kappa shape index (κ1) is 10.2. The molecule has 0 unspecified atom stereocenters. The smallest absolute Gasteiger partial charge is 0.0283 e. The lowest BCUT2D eigenvalue weighted by Gasteiger charge is -2.21. The Labute approximate surface area is 94.8 Å². The molecule has 75 valence electrons. The van der Waals surface area contributed by atoms with Crippen molar-refractivity contribution >= 4 is 15.9 Å². The molecular formula is C13H16Br. The molecule has 0 atom stereocenters. The summed E-state index contributed by atoms with van der Waals surface area (Å²) in [6, 6.07) is 9.01. The summed E-state index contributed by atoms with van der Waals surface area (Å²) in [5.74, 6) is 1.66. The summed E-state index contributed by atoms with van der Waals surface area (Å²) >= 11 is 3.47. The van der Waals surface area contributed by atoms with Crippen molar-refractivity contribution in [3.63, 3.8) is 0 Å². The molecule has 1 aromatic carbocycles. The molecule has 0 amide bonds. The van der Waals surface area contributed by atoms with Gasteiger partial charge in [-0.15, -0.1) is 0 Å². The second kappa shape index (κ2) is 4.97. The fourth-order valence-electron chi connectivity index (χ4n) is 2.10. The van der Waals surface area contributed by atoms with Crippen LogP contribution in [-0.4, -0.2) is 0 Å². The van der Waals surface area contributed by atoms with Crippen LogP contribution in [0, 0.1) is 5.92 Å². The van der Waals surface area contributed by atoms with Crippen LogP contribution >= 0.6 is 15.9 Å². The topological polar surface area (TPSA) is 0 Å². The van der Waals surface area contributed by atoms with Crippen LogP contribution in [0.2, 0.25) is 0 Å². The first-order valence-corrected chi connectivity index (χ1v) is 6.52. The average Bonchev–Trinajstić information content (AvgIpc) is 2.30. The third-order valence-electron chi connectivity index (χ3n) is 2.97. The minimum atomic E-state index is 0.961. The Hall–Kier alpha value is -0.300. The number of hydrogen-bond acceptors (Lipinski definition) is 0. The summed E-state index contributed by atoms with van der Waals surface area (Å²) in [6.45, 7) is 0. The molecule has 1 aliphatic rings. The molecule has 0 spiro atoms. The Morgan fingerprint density at radius 3 is 2.14 bits per heavy atom. The monoisotopic (exact) mass is 251 g/mol. The molecule has 0 N–H and O–H groups in total. The number of benzene rings is 1. The van der Waals surface area contributed by atoms with Crippen molar-refractivity contribution in [2.45, 2.75) is 37.4 Å². The average molecular weight is 252 g/mol. The highest BCUT2D eigenvalue weighted by atomic mass is 79.9. The zero-order chi connectivity index (χ0) is 9.80. The van der Waals surface area contributed by atoms with Gasteiger partial charge in [-0.3, -0.25) is 0 Å². The minimum Gasteiger partial charge on any atom is -0.0876 e. The molecule has 1 aliphatic carbocycles. The normalized spacial score (nSPS) is 18.4. The summed E-state index contributed by atoms with van der Waals surface area (Å²) < 4.78 is 0. The lowest BCUT2D eigenvalue weighted by molar-refractivity contribution is 0.551. The zero-order valence-electron chi connectivity index (χ0n) is 8.43. The molecule has 2 rings (SSSR count). The van der Waals surface area contributed by atoms with Gasteiger partial charge >= 0.3 is 0 Å². The van der Waals surface area contributed by atoms with Crippen molar-refractivity contribution in [2.24, 2.45) is 0 Å². The van der Waals surface area contributed by atoms with E-state index in [1.165, 1.54) is 43.2 Å². The van der Waals surface area contributed by atoms with Gasteiger partial charge in [0.05, 0.1) is 0 Å². The van der Waals surface area contributed by atoms with Crippen LogP contribution in [0.15, 0.2) is 24.3 Å². The largest absolute Gasteiger partial charge is 0.0876 e. The molecule has 0 bridgehead atoms. The number of rotatable bonds is 2. The molecule has 1 radical (unpaired) electrons. The highest BCUT2D eigenvalue weighted by molar-refractivity contribution is 9.08. The second-order valence-electron chi connectivity index (χ2n) is 3.99. The van der Waals surface area contributed by atoms with Crippen LogP contribution in [0.25, 0.3) is 0 Å². The van der Waals surface area contributed by atoms with E-state index in [0.717, 1.165) is 5.33 Å². The highest BCUT2D eigenvalue weighted by Crippen LogP contribution is 2.31. The Morgan fingerprint density at radius 1 is 0.929 bits per heavy atom. The van der Waals surface area contributed by atoms with Gasteiger partial charge in [-0.25, -0.2) is 0 Å². The van der Waals surface area contributed by atoms with Crippen LogP contribution in [0.3, 0.4) is 0 Å². The van der Waals surface area contributed by atoms with Gasteiger partial charge in [-0.1, -0.05) is 59.5 Å². The van der Waals surface area contributed by atoms with E-state index in [2.05, 4.69) is 40.2 Å². The Bertz CT molecular complexity index is 270. The van der Waals surface area contributed by atoms with E-state index in [9.17, 15) is 0 Å². The third-order valence-corrected chi connectivity index (χ3v) is 3.62. The summed E-state index contributed by atoms with van der Waals surface area (Å²) in [6.07, 6.45) is 6.81. The molecule has 0 heterocycles. The van der Waals surface area contributed by atoms with Crippen LogP contribution in [-0.2, 0) is 5.33 Å². The van der Waals surface area contributed by atoms with E-state index < -0.39 is 0 Å². The standard InChI is InChI=1S/C13H16Br/c14-10-11-6-8-13(9-7-11)12-4-2-1-3-5-12/h6-9H,1-5,10H2. The van der Waals surface area contributed by atoms with Crippen molar-refractivity contribution < 1.29 is 0 Å². The lowest BCUT2D eigenvalue weighted by Crippen LogP contribution is -2.05. The number of alkyl halides is 1. The van der Waals surface area contributed by atoms with Gasteiger partial charge in [-0.05, 0) is 24.0 Å². The van der Waals surface area contributed by atoms with Gasteiger partial charge < -0.3 is 0 Å². The summed E-state index contributed by atoms with van der Waals surface area (Å²) in [4.78, 5) is 0. The Balaban J connectivity index is 2.07. The van der Waals surface area contributed by atoms with Crippen molar-refractivity contribution in [3.05, 3.63) is 41.3 Å². The maximum Gasteiger partial charge on any atom is 0.0283 e. The minimum absolute atomic E-state index is 0.961. The highest BCUT2D eigenvalue weighted by Gasteiger charge is 2.15. The molecule has 0 aliphatic heterocycles. The molecule has 1 saturated carbocycles.